The highest BCUT2D eigenvalue weighted by Gasteiger charge is 2.24. The van der Waals surface area contributed by atoms with Gasteiger partial charge in [-0.15, -0.1) is 0 Å². The Morgan fingerprint density at radius 3 is 2.62 bits per heavy atom. The molecule has 0 aliphatic heterocycles. The van der Waals surface area contributed by atoms with E-state index in [1.165, 1.54) is 0 Å². The van der Waals surface area contributed by atoms with Crippen molar-refractivity contribution in [2.75, 3.05) is 31.2 Å². The first-order valence-electron chi connectivity index (χ1n) is 6.46. The van der Waals surface area contributed by atoms with E-state index in [9.17, 15) is 19.3 Å². The van der Waals surface area contributed by atoms with Crippen molar-refractivity contribution in [1.29, 1.82) is 0 Å². The predicted molar refractivity (Wildman–Crippen MR) is 74.4 cm³/mol. The van der Waals surface area contributed by atoms with Crippen molar-refractivity contribution in [2.45, 2.75) is 13.8 Å². The number of nitro groups is 1. The summed E-state index contributed by atoms with van der Waals surface area (Å²) in [5.74, 6) is -2.59. The molecule has 7 nitrogen and oxygen atoms in total. The van der Waals surface area contributed by atoms with Gasteiger partial charge in [0.25, 0.3) is 5.69 Å². The highest BCUT2D eigenvalue weighted by Crippen LogP contribution is 2.31. The molecule has 0 fully saturated rings. The molecule has 0 heterocycles. The van der Waals surface area contributed by atoms with Crippen LogP contribution in [0.2, 0.25) is 0 Å². The van der Waals surface area contributed by atoms with Gasteiger partial charge < -0.3 is 14.7 Å². The lowest BCUT2D eigenvalue weighted by atomic mass is 10.1. The standard InChI is InChI=1S/C13H17FN2O5/c1-3-15(5-6-21-4-2)11-7-9(13(17)18)10(14)8-12(11)16(19)20/h7-8H,3-6H2,1-2H3,(H,17,18). The second-order valence-electron chi connectivity index (χ2n) is 4.16. The molecule has 0 radical (unpaired) electrons. The molecular formula is C13H17FN2O5. The summed E-state index contributed by atoms with van der Waals surface area (Å²) in [6.07, 6.45) is 0. The summed E-state index contributed by atoms with van der Waals surface area (Å²) in [6, 6.07) is 1.63. The Morgan fingerprint density at radius 2 is 2.14 bits per heavy atom. The van der Waals surface area contributed by atoms with Crippen LogP contribution in [0.15, 0.2) is 12.1 Å². The Balaban J connectivity index is 3.25. The van der Waals surface area contributed by atoms with Gasteiger partial charge in [0.2, 0.25) is 0 Å². The van der Waals surface area contributed by atoms with Gasteiger partial charge in [-0.3, -0.25) is 10.1 Å². The van der Waals surface area contributed by atoms with Crippen LogP contribution in [-0.4, -0.2) is 42.3 Å². The molecule has 0 atom stereocenters. The number of likely N-dealkylation sites (N-methyl/N-ethyl adjacent to an activating group) is 1. The summed E-state index contributed by atoms with van der Waals surface area (Å²) in [5.41, 5.74) is -0.984. The van der Waals surface area contributed by atoms with Crippen molar-refractivity contribution in [3.8, 4) is 0 Å². The monoisotopic (exact) mass is 300 g/mol. The van der Waals surface area contributed by atoms with Crippen LogP contribution in [0.5, 0.6) is 0 Å². The molecule has 0 unspecified atom stereocenters. The van der Waals surface area contributed by atoms with Gasteiger partial charge >= 0.3 is 5.97 Å². The van der Waals surface area contributed by atoms with Crippen LogP contribution in [0.1, 0.15) is 24.2 Å². The minimum atomic E-state index is -1.47. The lowest BCUT2D eigenvalue weighted by Crippen LogP contribution is -2.28. The van der Waals surface area contributed by atoms with Crippen LogP contribution in [0.3, 0.4) is 0 Å². The first-order valence-corrected chi connectivity index (χ1v) is 6.46. The normalized spacial score (nSPS) is 10.4. The minimum absolute atomic E-state index is 0.0704. The third-order valence-corrected chi connectivity index (χ3v) is 2.92. The summed E-state index contributed by atoms with van der Waals surface area (Å²) in [4.78, 5) is 22.9. The molecule has 116 valence electrons. The van der Waals surface area contributed by atoms with Gasteiger partial charge in [-0.25, -0.2) is 9.18 Å². The van der Waals surface area contributed by atoms with E-state index < -0.39 is 28.0 Å². The summed E-state index contributed by atoms with van der Waals surface area (Å²) in [5, 5.41) is 20.0. The Bertz CT molecular complexity index is 536. The quantitative estimate of drug-likeness (QED) is 0.450. The Kier molecular flexibility index (Phi) is 6.04. The lowest BCUT2D eigenvalue weighted by Gasteiger charge is -2.23. The topological polar surface area (TPSA) is 92.9 Å². The van der Waals surface area contributed by atoms with Gasteiger partial charge in [-0.2, -0.15) is 0 Å². The molecule has 1 aromatic carbocycles. The summed E-state index contributed by atoms with van der Waals surface area (Å²) < 4.78 is 18.8. The zero-order valence-electron chi connectivity index (χ0n) is 11.8. The summed E-state index contributed by atoms with van der Waals surface area (Å²) in [7, 11) is 0. The highest BCUT2D eigenvalue weighted by atomic mass is 19.1. The summed E-state index contributed by atoms with van der Waals surface area (Å²) >= 11 is 0. The largest absolute Gasteiger partial charge is 0.478 e. The number of benzene rings is 1. The smallest absolute Gasteiger partial charge is 0.338 e. The number of nitrogens with zero attached hydrogens (tertiary/aromatic N) is 2. The van der Waals surface area contributed by atoms with Crippen LogP contribution < -0.4 is 4.90 Å². The van der Waals surface area contributed by atoms with Crippen LogP contribution >= 0.6 is 0 Å². The number of nitro benzene ring substituents is 1. The van der Waals surface area contributed by atoms with E-state index in [2.05, 4.69) is 0 Å². The molecule has 1 N–H and O–H groups in total. The number of halogens is 1. The molecule has 0 saturated carbocycles. The van der Waals surface area contributed by atoms with E-state index in [0.29, 0.717) is 32.4 Å². The molecule has 0 saturated heterocycles. The number of anilines is 1. The molecule has 0 aliphatic carbocycles. The molecule has 0 bridgehead atoms. The first kappa shape index (κ1) is 16.8. The fraction of sp³-hybridized carbons (Fsp3) is 0.462. The number of hydrogen-bond donors (Lipinski definition) is 1. The van der Waals surface area contributed by atoms with E-state index >= 15 is 0 Å². The third kappa shape index (κ3) is 4.12. The van der Waals surface area contributed by atoms with Gasteiger partial charge in [0, 0.05) is 19.7 Å². The molecule has 0 spiro atoms. The molecule has 8 heteroatoms. The van der Waals surface area contributed by atoms with Gasteiger partial charge in [0.1, 0.15) is 11.5 Å². The summed E-state index contributed by atoms with van der Waals surface area (Å²) in [6.45, 7) is 5.16. The van der Waals surface area contributed by atoms with E-state index in [4.69, 9.17) is 9.84 Å². The molecule has 1 rings (SSSR count). The average molecular weight is 300 g/mol. The van der Waals surface area contributed by atoms with Crippen LogP contribution in [-0.2, 0) is 4.74 Å². The van der Waals surface area contributed by atoms with E-state index in [1.807, 2.05) is 6.92 Å². The van der Waals surface area contributed by atoms with Gasteiger partial charge in [0.15, 0.2) is 0 Å². The number of carbonyl (C=O) groups is 1. The SMILES string of the molecule is CCOCCN(CC)c1cc(C(=O)O)c(F)cc1[N+](=O)[O-]. The van der Waals surface area contributed by atoms with Gasteiger partial charge in [-0.05, 0) is 19.9 Å². The number of ether oxygens (including phenoxy) is 1. The third-order valence-electron chi connectivity index (χ3n) is 2.92. The number of carboxylic acids is 1. The van der Waals surface area contributed by atoms with Gasteiger partial charge in [-0.1, -0.05) is 0 Å². The first-order chi connectivity index (χ1) is 9.92. The average Bonchev–Trinajstić information content (AvgIpc) is 2.43. The van der Waals surface area contributed by atoms with E-state index in [-0.39, 0.29) is 5.69 Å². The maximum Gasteiger partial charge on any atom is 0.338 e. The zero-order valence-corrected chi connectivity index (χ0v) is 11.8. The number of aromatic carboxylic acids is 1. The Hall–Kier alpha value is -2.22. The second-order valence-corrected chi connectivity index (χ2v) is 4.16. The predicted octanol–water partition coefficient (Wildman–Crippen LogP) is 2.29. The van der Waals surface area contributed by atoms with Crippen molar-refractivity contribution < 1.29 is 24.0 Å². The van der Waals surface area contributed by atoms with E-state index in [0.717, 1.165) is 6.07 Å². The molecule has 0 aromatic heterocycles. The maximum atomic E-state index is 13.6. The molecule has 1 aromatic rings. The lowest BCUT2D eigenvalue weighted by molar-refractivity contribution is -0.384. The Morgan fingerprint density at radius 1 is 1.48 bits per heavy atom. The van der Waals surface area contributed by atoms with Crippen molar-refractivity contribution in [1.82, 2.24) is 0 Å². The van der Waals surface area contributed by atoms with Crippen molar-refractivity contribution in [3.05, 3.63) is 33.6 Å². The molecule has 0 aliphatic rings. The zero-order chi connectivity index (χ0) is 16.0. The van der Waals surface area contributed by atoms with Gasteiger partial charge in [0.05, 0.1) is 23.2 Å². The second kappa shape index (κ2) is 7.53. The minimum Gasteiger partial charge on any atom is -0.478 e. The number of carboxylic acid groups (broad SMARTS) is 1. The number of hydrogen-bond acceptors (Lipinski definition) is 5. The van der Waals surface area contributed by atoms with E-state index in [1.54, 1.807) is 11.8 Å². The fourth-order valence-corrected chi connectivity index (χ4v) is 1.88. The van der Waals surface area contributed by atoms with Crippen LogP contribution in [0.25, 0.3) is 0 Å². The molecule has 0 amide bonds. The Labute approximate surface area is 121 Å². The maximum absolute atomic E-state index is 13.6. The van der Waals surface area contributed by atoms with Crippen LogP contribution in [0.4, 0.5) is 15.8 Å². The van der Waals surface area contributed by atoms with Crippen LogP contribution in [0, 0.1) is 15.9 Å². The molecular weight excluding hydrogens is 283 g/mol. The van der Waals surface area contributed by atoms with Crippen molar-refractivity contribution >= 4 is 17.3 Å². The number of rotatable bonds is 8. The van der Waals surface area contributed by atoms with Crippen molar-refractivity contribution in [2.24, 2.45) is 0 Å². The molecule has 21 heavy (non-hydrogen) atoms. The highest BCUT2D eigenvalue weighted by molar-refractivity contribution is 5.90. The fourth-order valence-electron chi connectivity index (χ4n) is 1.88. The van der Waals surface area contributed by atoms with Crippen molar-refractivity contribution in [3.63, 3.8) is 0 Å².